The van der Waals surface area contributed by atoms with Crippen molar-refractivity contribution in [3.8, 4) is 0 Å². The highest BCUT2D eigenvalue weighted by atomic mass is 127. The second-order valence-corrected chi connectivity index (χ2v) is 23.6. The zero-order chi connectivity index (χ0) is 54.8. The second kappa shape index (κ2) is 28.7. The molecule has 19 nitrogen and oxygen atoms in total. The third-order valence-corrected chi connectivity index (χ3v) is 15.5. The Hall–Kier alpha value is -4.75. The summed E-state index contributed by atoms with van der Waals surface area (Å²) in [5.41, 5.74) is 16.1. The van der Waals surface area contributed by atoms with Gasteiger partial charge in [0.1, 0.15) is 23.2 Å². The van der Waals surface area contributed by atoms with E-state index in [9.17, 15) is 15.3 Å². The Balaban J connectivity index is 1.12. The minimum atomic E-state index is -1.23. The van der Waals surface area contributed by atoms with Crippen molar-refractivity contribution in [2.45, 2.75) is 91.1 Å². The molecule has 4 aliphatic carbocycles. The molecule has 76 heavy (non-hydrogen) atoms. The first-order chi connectivity index (χ1) is 36.4. The fourth-order valence-corrected chi connectivity index (χ4v) is 13.1. The van der Waals surface area contributed by atoms with E-state index in [4.69, 9.17) is 51.0 Å². The van der Waals surface area contributed by atoms with Crippen molar-refractivity contribution in [3.05, 3.63) is 65.5 Å². The van der Waals surface area contributed by atoms with Gasteiger partial charge in [-0.1, -0.05) is 59.9 Å². The Kier molecular flexibility index (Phi) is 22.9. The minimum Gasteiger partial charge on any atom is -0.476 e. The SMILES string of the molecule is CC(=NCC12CC3(C)CC(C)(C1)CC(OCCN(C)C)(C3)C2)/C(=C\N)c1ccc(N(CCCCCN=C/C(COCCOCCOCCOCCI)=N\N)C(=N)/C=C(C)\C(N)=N\c2nc3ccccc3s2)nc1C(=O)O. The summed E-state index contributed by atoms with van der Waals surface area (Å²) in [4.78, 5) is 40.7. The maximum absolute atomic E-state index is 13.2. The normalized spacial score (nSPS) is 23.2. The van der Waals surface area contributed by atoms with E-state index in [1.54, 1.807) is 36.2 Å². The number of nitrogens with one attached hydrogen (secondary N) is 1. The van der Waals surface area contributed by atoms with Crippen molar-refractivity contribution in [3.63, 3.8) is 0 Å². The summed E-state index contributed by atoms with van der Waals surface area (Å²) < 4.78 is 30.9. The van der Waals surface area contributed by atoms with Gasteiger partial charge in [-0.2, -0.15) is 5.10 Å². The number of anilines is 1. The number of carbonyl (C=O) groups is 1. The maximum atomic E-state index is 13.2. The van der Waals surface area contributed by atoms with Crippen LogP contribution in [0.2, 0.25) is 0 Å². The van der Waals surface area contributed by atoms with Gasteiger partial charge < -0.3 is 55.9 Å². The first-order valence-corrected chi connectivity index (χ1v) is 28.6. The van der Waals surface area contributed by atoms with Gasteiger partial charge in [-0.05, 0) is 138 Å². The molecule has 8 N–H and O–H groups in total. The van der Waals surface area contributed by atoms with Gasteiger partial charge in [0.15, 0.2) is 5.69 Å². The zero-order valence-corrected chi connectivity index (χ0v) is 48.4. The lowest BCUT2D eigenvalue weighted by Crippen LogP contribution is -2.64. The summed E-state index contributed by atoms with van der Waals surface area (Å²) >= 11 is 3.69. The number of fused-ring (bicyclic) bond motifs is 1. The van der Waals surface area contributed by atoms with Gasteiger partial charge in [0, 0.05) is 59.9 Å². The molecular formula is C55H81IN12O7S. The number of hydrogen-bond donors (Lipinski definition) is 5. The zero-order valence-electron chi connectivity index (χ0n) is 45.5. The highest BCUT2D eigenvalue weighted by Crippen LogP contribution is 2.71. The number of allylic oxidation sites excluding steroid dienone is 1. The summed E-state index contributed by atoms with van der Waals surface area (Å²) in [7, 11) is 4.15. The summed E-state index contributed by atoms with van der Waals surface area (Å²) in [5, 5.41) is 24.4. The predicted molar refractivity (Wildman–Crippen MR) is 316 cm³/mol. The van der Waals surface area contributed by atoms with Gasteiger partial charge in [0.05, 0.1) is 75.3 Å². The molecule has 0 radical (unpaired) electrons. The molecule has 1 aromatic carbocycles. The Morgan fingerprint density at radius 2 is 1.57 bits per heavy atom. The third-order valence-electron chi connectivity index (χ3n) is 14.2. The summed E-state index contributed by atoms with van der Waals surface area (Å²) in [6.07, 6.45) is 13.2. The standard InChI is InChI=1S/C55H81IN12O7S/c1-39(49(59)65-51-63-44-12-8-9-13-45(44)76-51)28-46(58)68(18-11-7-10-17-61-30-41(66-60)31-74-27-26-73-25-24-72-23-22-71-20-16-56)47-15-14-42(48(64-47)50(69)70)43(29-57)40(2)62-38-54-33-52(3)32-53(4,34-54)36-55(35-52,37-54)75-21-19-67(5)6/h8-9,12-15,28-30,58H,7,10-11,16-27,31-38,57,60H2,1-6H3,(H,69,70)(H2,59,63,65)/b39-28-,43-29+,58-46?,61-30?,62-40?,66-41+. The average molecular weight is 1180 g/mol. The molecule has 4 bridgehead atoms. The molecule has 4 saturated carbocycles. The lowest BCUT2D eigenvalue weighted by molar-refractivity contribution is -0.242. The largest absolute Gasteiger partial charge is 0.476 e. The van der Waals surface area contributed by atoms with Crippen molar-refractivity contribution in [1.82, 2.24) is 14.9 Å². The molecule has 416 valence electrons. The van der Waals surface area contributed by atoms with E-state index in [0.29, 0.717) is 106 Å². The van der Waals surface area contributed by atoms with Crippen LogP contribution in [-0.2, 0) is 23.7 Å². The summed E-state index contributed by atoms with van der Waals surface area (Å²) in [6.45, 7) is 15.3. The number of hydrogen-bond acceptors (Lipinski definition) is 17. The van der Waals surface area contributed by atoms with Crippen LogP contribution in [0.3, 0.4) is 0 Å². The number of halogens is 1. The van der Waals surface area contributed by atoms with Crippen LogP contribution >= 0.6 is 33.9 Å². The highest BCUT2D eigenvalue weighted by Gasteiger charge is 2.66. The van der Waals surface area contributed by atoms with E-state index in [0.717, 1.165) is 72.7 Å². The van der Waals surface area contributed by atoms with Crippen LogP contribution < -0.4 is 22.2 Å². The van der Waals surface area contributed by atoms with Gasteiger partial charge in [0.2, 0.25) is 5.13 Å². The molecule has 0 saturated heterocycles. The van der Waals surface area contributed by atoms with Crippen molar-refractivity contribution < 1.29 is 33.6 Å². The van der Waals surface area contributed by atoms with Crippen molar-refractivity contribution >= 4 is 95.9 Å². The molecule has 2 atom stereocenters. The number of carboxylic acid groups (broad SMARTS) is 1. The summed E-state index contributed by atoms with van der Waals surface area (Å²) in [5.74, 6) is 4.93. The number of nitrogens with two attached hydrogens (primary N) is 3. The van der Waals surface area contributed by atoms with Crippen LogP contribution in [0.4, 0.5) is 10.9 Å². The van der Waals surface area contributed by atoms with Gasteiger partial charge in [-0.3, -0.25) is 15.4 Å². The van der Waals surface area contributed by atoms with Crippen LogP contribution in [0.5, 0.6) is 0 Å². The van der Waals surface area contributed by atoms with Crippen LogP contribution in [-0.4, -0.2) is 165 Å². The highest BCUT2D eigenvalue weighted by molar-refractivity contribution is 14.1. The van der Waals surface area contributed by atoms with E-state index in [1.807, 2.05) is 31.2 Å². The molecule has 3 aromatic rings. The second-order valence-electron chi connectivity index (χ2n) is 21.5. The summed E-state index contributed by atoms with van der Waals surface area (Å²) in [6, 6.07) is 11.2. The van der Waals surface area contributed by atoms with E-state index >= 15 is 0 Å². The molecule has 2 aromatic heterocycles. The fraction of sp³-hybridized carbons (Fsp3) is 0.600. The predicted octanol–water partition coefficient (Wildman–Crippen LogP) is 8.32. The minimum absolute atomic E-state index is 0.0382. The molecule has 21 heteroatoms. The van der Waals surface area contributed by atoms with Crippen molar-refractivity contribution in [1.29, 1.82) is 5.41 Å². The van der Waals surface area contributed by atoms with E-state index < -0.39 is 5.97 Å². The van der Waals surface area contributed by atoms with Crippen LogP contribution in [0.1, 0.15) is 102 Å². The number of likely N-dealkylation sites (N-methyl/N-ethyl adjacent to an activating group) is 1. The number of para-hydroxylation sites is 1. The number of rotatable bonds is 33. The number of aliphatic imine (C=N–C) groups is 3. The number of nitrogens with zero attached hydrogens (tertiary/aromatic N) is 8. The Bertz CT molecular complexity index is 2570. The molecule has 0 spiro atoms. The third kappa shape index (κ3) is 17.4. The fourth-order valence-electron chi connectivity index (χ4n) is 12.0. The van der Waals surface area contributed by atoms with E-state index in [-0.39, 0.29) is 51.6 Å². The molecule has 0 amide bonds. The number of benzene rings is 1. The lowest BCUT2D eigenvalue weighted by Gasteiger charge is -2.69. The van der Waals surface area contributed by atoms with E-state index in [2.05, 4.69) is 75.5 Å². The molecule has 2 unspecified atom stereocenters. The molecule has 0 aliphatic heterocycles. The molecule has 4 fully saturated rings. The number of amidine groups is 2. The van der Waals surface area contributed by atoms with Crippen molar-refractivity contribution in [2.24, 2.45) is 53.6 Å². The quantitative estimate of drug-likeness (QED) is 0.00730. The first kappa shape index (κ1) is 60.5. The maximum Gasteiger partial charge on any atom is 0.355 e. The Labute approximate surface area is 466 Å². The smallest absolute Gasteiger partial charge is 0.355 e. The van der Waals surface area contributed by atoms with Gasteiger partial charge >= 0.3 is 5.97 Å². The average Bonchev–Trinajstić information content (AvgIpc) is 3.91. The number of hydrazone groups is 1. The molecule has 2 heterocycles. The number of thiazole rings is 1. The van der Waals surface area contributed by atoms with Crippen LogP contribution in [0, 0.1) is 21.7 Å². The monoisotopic (exact) mass is 1180 g/mol. The number of aromatic carboxylic acids is 1. The van der Waals surface area contributed by atoms with Gasteiger partial charge in [-0.15, -0.1) is 0 Å². The number of unbranched alkanes of at least 4 members (excludes halogenated alkanes) is 2. The molecule has 4 aliphatic rings. The number of carboxylic acids is 1. The van der Waals surface area contributed by atoms with Gasteiger partial charge in [-0.25, -0.2) is 19.8 Å². The Morgan fingerprint density at radius 1 is 0.882 bits per heavy atom. The lowest BCUT2D eigenvalue weighted by atomic mass is 9.39. The van der Waals surface area contributed by atoms with Crippen LogP contribution in [0.25, 0.3) is 15.8 Å². The van der Waals surface area contributed by atoms with Crippen molar-refractivity contribution in [2.75, 3.05) is 109 Å². The van der Waals surface area contributed by atoms with Gasteiger partial charge in [0.25, 0.3) is 0 Å². The number of ether oxygens (including phenoxy) is 5. The van der Waals surface area contributed by atoms with E-state index in [1.165, 1.54) is 24.0 Å². The molecule has 7 rings (SSSR count). The number of alkyl halides is 1. The number of aromatic nitrogens is 2. The first-order valence-electron chi connectivity index (χ1n) is 26.3. The topological polar surface area (TPSA) is 267 Å². The molecular weight excluding hydrogens is 1100 g/mol. The van der Waals surface area contributed by atoms with Crippen LogP contribution in [0.15, 0.2) is 74.3 Å². The number of pyridine rings is 1. The Morgan fingerprint density at radius 3 is 2.21 bits per heavy atom.